The Bertz CT molecular complexity index is 826. The predicted octanol–water partition coefficient (Wildman–Crippen LogP) is 4.95. The van der Waals surface area contributed by atoms with Gasteiger partial charge in [-0.2, -0.15) is 0 Å². The van der Waals surface area contributed by atoms with Gasteiger partial charge in [-0.15, -0.1) is 0 Å². The Labute approximate surface area is 154 Å². The summed E-state index contributed by atoms with van der Waals surface area (Å²) in [5, 5.41) is 0. The minimum Gasteiger partial charge on any atom is -0.466 e. The molecule has 0 aliphatic carbocycles. The van der Waals surface area contributed by atoms with Crippen LogP contribution < -0.4 is 0 Å². The number of aromatic nitrogens is 2. The highest BCUT2D eigenvalue weighted by Gasteiger charge is 2.14. The average Bonchev–Trinajstić information content (AvgIpc) is 3.11. The fraction of sp³-hybridized carbons (Fsp3) is 0.273. The summed E-state index contributed by atoms with van der Waals surface area (Å²) in [5.41, 5.74) is 4.36. The first-order valence-electron chi connectivity index (χ1n) is 9.11. The van der Waals surface area contributed by atoms with Crippen LogP contribution in [0, 0.1) is 0 Å². The first-order chi connectivity index (χ1) is 12.8. The summed E-state index contributed by atoms with van der Waals surface area (Å²) in [6.07, 6.45) is 4.08. The van der Waals surface area contributed by atoms with Crippen molar-refractivity contribution in [3.05, 3.63) is 67.0 Å². The van der Waals surface area contributed by atoms with Crippen LogP contribution in [0.25, 0.3) is 22.5 Å². The highest BCUT2D eigenvalue weighted by atomic mass is 16.5. The van der Waals surface area contributed by atoms with Crippen LogP contribution in [0.2, 0.25) is 0 Å². The number of hydrogen-bond donors (Lipinski definition) is 0. The Morgan fingerprint density at radius 2 is 1.62 bits per heavy atom. The zero-order valence-corrected chi connectivity index (χ0v) is 15.1. The van der Waals surface area contributed by atoms with Crippen LogP contribution in [-0.2, 0) is 16.1 Å². The SMILES string of the molecule is CCOC(=O)CCCCn1cnc(-c2ccccc2)c1-c1ccccc1. The second-order valence-corrected chi connectivity index (χ2v) is 6.13. The lowest BCUT2D eigenvalue weighted by atomic mass is 10.0. The number of carbonyl (C=O) groups excluding carboxylic acids is 1. The molecule has 4 heteroatoms. The fourth-order valence-electron chi connectivity index (χ4n) is 3.04. The van der Waals surface area contributed by atoms with Gasteiger partial charge < -0.3 is 9.30 Å². The second-order valence-electron chi connectivity index (χ2n) is 6.13. The van der Waals surface area contributed by atoms with Crippen molar-refractivity contribution in [1.29, 1.82) is 0 Å². The lowest BCUT2D eigenvalue weighted by molar-refractivity contribution is -0.143. The molecule has 3 rings (SSSR count). The van der Waals surface area contributed by atoms with Crippen molar-refractivity contribution in [2.75, 3.05) is 6.61 Å². The summed E-state index contributed by atoms with van der Waals surface area (Å²) in [6.45, 7) is 3.10. The third kappa shape index (κ3) is 4.39. The quantitative estimate of drug-likeness (QED) is 0.427. The summed E-state index contributed by atoms with van der Waals surface area (Å²) in [5.74, 6) is -0.119. The maximum absolute atomic E-state index is 11.5. The van der Waals surface area contributed by atoms with E-state index < -0.39 is 0 Å². The Kier molecular flexibility index (Phi) is 6.20. The van der Waals surface area contributed by atoms with Gasteiger partial charge in [0.1, 0.15) is 0 Å². The van der Waals surface area contributed by atoms with E-state index in [9.17, 15) is 4.79 Å². The molecule has 0 bridgehead atoms. The minimum absolute atomic E-state index is 0.119. The van der Waals surface area contributed by atoms with Gasteiger partial charge >= 0.3 is 5.97 Å². The molecule has 1 aromatic heterocycles. The van der Waals surface area contributed by atoms with E-state index in [1.807, 2.05) is 49.6 Å². The van der Waals surface area contributed by atoms with Gasteiger partial charge in [0.05, 0.1) is 24.3 Å². The number of benzene rings is 2. The molecule has 0 saturated heterocycles. The van der Waals surface area contributed by atoms with E-state index in [1.165, 1.54) is 0 Å². The summed E-state index contributed by atoms with van der Waals surface area (Å²) in [7, 11) is 0. The van der Waals surface area contributed by atoms with E-state index in [2.05, 4.69) is 33.8 Å². The van der Waals surface area contributed by atoms with E-state index in [1.54, 1.807) is 0 Å². The lowest BCUT2D eigenvalue weighted by Crippen LogP contribution is -2.05. The van der Waals surface area contributed by atoms with E-state index in [0.29, 0.717) is 13.0 Å². The molecule has 0 saturated carbocycles. The summed E-state index contributed by atoms with van der Waals surface area (Å²) in [6, 6.07) is 20.6. The topological polar surface area (TPSA) is 44.1 Å². The number of hydrogen-bond acceptors (Lipinski definition) is 3. The molecule has 2 aromatic carbocycles. The molecule has 0 aliphatic heterocycles. The molecular formula is C22H24N2O2. The molecule has 0 amide bonds. The average molecular weight is 348 g/mol. The van der Waals surface area contributed by atoms with Gasteiger partial charge in [0.25, 0.3) is 0 Å². The molecule has 0 unspecified atom stereocenters. The van der Waals surface area contributed by atoms with E-state index in [0.717, 1.165) is 41.9 Å². The largest absolute Gasteiger partial charge is 0.466 e. The lowest BCUT2D eigenvalue weighted by Gasteiger charge is -2.11. The number of nitrogens with zero attached hydrogens (tertiary/aromatic N) is 2. The first-order valence-corrected chi connectivity index (χ1v) is 9.11. The van der Waals surface area contributed by atoms with E-state index in [-0.39, 0.29) is 5.97 Å². The molecule has 0 fully saturated rings. The standard InChI is InChI=1S/C22H24N2O2/c1-2-26-20(25)15-9-10-16-24-17-23-21(18-11-5-3-6-12-18)22(24)19-13-7-4-8-14-19/h3-8,11-14,17H,2,9-10,15-16H2,1H3. The second kappa shape index (κ2) is 8.99. The molecular weight excluding hydrogens is 324 g/mol. The van der Waals surface area contributed by atoms with Crippen molar-refractivity contribution in [1.82, 2.24) is 9.55 Å². The van der Waals surface area contributed by atoms with Crippen LogP contribution in [0.15, 0.2) is 67.0 Å². The highest BCUT2D eigenvalue weighted by molar-refractivity contribution is 5.78. The number of rotatable bonds is 8. The maximum atomic E-state index is 11.5. The van der Waals surface area contributed by atoms with Crippen LogP contribution in [-0.4, -0.2) is 22.1 Å². The number of esters is 1. The van der Waals surface area contributed by atoms with Crippen LogP contribution >= 0.6 is 0 Å². The Hall–Kier alpha value is -2.88. The Balaban J connectivity index is 1.80. The smallest absolute Gasteiger partial charge is 0.305 e. The third-order valence-electron chi connectivity index (χ3n) is 4.27. The summed E-state index contributed by atoms with van der Waals surface area (Å²) in [4.78, 5) is 16.2. The third-order valence-corrected chi connectivity index (χ3v) is 4.27. The molecule has 3 aromatic rings. The number of aryl methyl sites for hydroxylation is 1. The first kappa shape index (κ1) is 17.9. The Morgan fingerprint density at radius 3 is 2.27 bits per heavy atom. The van der Waals surface area contributed by atoms with Gasteiger partial charge in [0.15, 0.2) is 0 Å². The van der Waals surface area contributed by atoms with Gasteiger partial charge in [-0.3, -0.25) is 4.79 Å². The van der Waals surface area contributed by atoms with Crippen molar-refractivity contribution in [3.8, 4) is 22.5 Å². The molecule has 4 nitrogen and oxygen atoms in total. The molecule has 134 valence electrons. The summed E-state index contributed by atoms with van der Waals surface area (Å²) >= 11 is 0. The predicted molar refractivity (Wildman–Crippen MR) is 104 cm³/mol. The number of carbonyl (C=O) groups is 1. The van der Waals surface area contributed by atoms with Crippen LogP contribution in [0.4, 0.5) is 0 Å². The van der Waals surface area contributed by atoms with Crippen molar-refractivity contribution in [3.63, 3.8) is 0 Å². The van der Waals surface area contributed by atoms with Crippen LogP contribution in [0.5, 0.6) is 0 Å². The van der Waals surface area contributed by atoms with Gasteiger partial charge in [0, 0.05) is 24.1 Å². The normalized spacial score (nSPS) is 10.7. The highest BCUT2D eigenvalue weighted by Crippen LogP contribution is 2.31. The number of ether oxygens (including phenoxy) is 1. The zero-order valence-electron chi connectivity index (χ0n) is 15.1. The number of unbranched alkanes of at least 4 members (excludes halogenated alkanes) is 1. The van der Waals surface area contributed by atoms with Crippen molar-refractivity contribution >= 4 is 5.97 Å². The maximum Gasteiger partial charge on any atom is 0.305 e. The van der Waals surface area contributed by atoms with Crippen molar-refractivity contribution < 1.29 is 9.53 Å². The molecule has 0 spiro atoms. The van der Waals surface area contributed by atoms with Crippen molar-refractivity contribution in [2.24, 2.45) is 0 Å². The van der Waals surface area contributed by atoms with Crippen molar-refractivity contribution in [2.45, 2.75) is 32.7 Å². The number of imidazole rings is 1. The Morgan fingerprint density at radius 1 is 0.962 bits per heavy atom. The molecule has 0 radical (unpaired) electrons. The molecule has 0 aliphatic rings. The van der Waals surface area contributed by atoms with Gasteiger partial charge in [-0.25, -0.2) is 4.98 Å². The molecule has 0 atom stereocenters. The van der Waals surface area contributed by atoms with E-state index in [4.69, 9.17) is 4.74 Å². The fourth-order valence-corrected chi connectivity index (χ4v) is 3.04. The monoisotopic (exact) mass is 348 g/mol. The molecule has 26 heavy (non-hydrogen) atoms. The summed E-state index contributed by atoms with van der Waals surface area (Å²) < 4.78 is 7.17. The van der Waals surface area contributed by atoms with E-state index >= 15 is 0 Å². The molecule has 1 heterocycles. The van der Waals surface area contributed by atoms with Gasteiger partial charge in [0.2, 0.25) is 0 Å². The van der Waals surface area contributed by atoms with Crippen LogP contribution in [0.1, 0.15) is 26.2 Å². The minimum atomic E-state index is -0.119. The van der Waals surface area contributed by atoms with Gasteiger partial charge in [-0.05, 0) is 19.8 Å². The zero-order chi connectivity index (χ0) is 18.2. The van der Waals surface area contributed by atoms with Crippen LogP contribution in [0.3, 0.4) is 0 Å². The molecule has 0 N–H and O–H groups in total. The van der Waals surface area contributed by atoms with Gasteiger partial charge in [-0.1, -0.05) is 60.7 Å².